The topological polar surface area (TPSA) is 78.9 Å². The van der Waals surface area contributed by atoms with E-state index in [1.165, 1.54) is 199 Å². The Bertz CT molecular complexity index is 1400. The zero-order chi connectivity index (χ0) is 55.0. The molecule has 1 atom stereocenters. The van der Waals surface area contributed by atoms with Crippen LogP contribution in [0.3, 0.4) is 0 Å². The Hall–Kier alpha value is -3.15. The first kappa shape index (κ1) is 72.8. The Morgan fingerprint density at radius 2 is 0.513 bits per heavy atom. The number of ether oxygens (including phenoxy) is 3. The monoisotopic (exact) mass is 1060 g/mol. The molecule has 0 amide bonds. The summed E-state index contributed by atoms with van der Waals surface area (Å²) in [6.07, 6.45) is 83.5. The van der Waals surface area contributed by atoms with E-state index in [9.17, 15) is 14.4 Å². The van der Waals surface area contributed by atoms with Crippen LogP contribution in [0.4, 0.5) is 0 Å². The van der Waals surface area contributed by atoms with Crippen molar-refractivity contribution in [3.05, 3.63) is 72.9 Å². The van der Waals surface area contributed by atoms with Gasteiger partial charge in [0.05, 0.1) is 0 Å². The second-order valence-corrected chi connectivity index (χ2v) is 22.0. The normalized spacial score (nSPS) is 12.5. The molecule has 0 aromatic carbocycles. The Labute approximate surface area is 472 Å². The van der Waals surface area contributed by atoms with Crippen LogP contribution in [0, 0.1) is 0 Å². The molecule has 76 heavy (non-hydrogen) atoms. The standard InChI is InChI=1S/C70H124O6/c1-4-7-10-13-16-19-22-25-27-29-30-31-32-33-34-35-36-37-38-39-40-41-43-45-48-51-54-57-60-63-69(72)75-66-67(65-74-68(71)62-59-56-53-50-47-44-24-21-18-15-12-9-6-3)76-70(73)64-61-58-55-52-49-46-42-28-26-23-20-17-14-11-8-5-2/h9,12,18,21-22,25,29-30,32-33,44,47,67H,4-8,10-11,13-17,19-20,23-24,26-28,31,34-43,45-46,48-66H2,1-3H3/b12-9-,21-18-,25-22-,30-29-,33-32-,47-44-. The summed E-state index contributed by atoms with van der Waals surface area (Å²) < 4.78 is 16.9. The molecule has 0 radical (unpaired) electrons. The van der Waals surface area contributed by atoms with Crippen LogP contribution in [0.5, 0.6) is 0 Å². The zero-order valence-electron chi connectivity index (χ0n) is 50.5. The smallest absolute Gasteiger partial charge is 0.306 e. The molecular weight excluding hydrogens is 937 g/mol. The summed E-state index contributed by atoms with van der Waals surface area (Å²) in [5.41, 5.74) is 0. The third kappa shape index (κ3) is 61.7. The molecule has 0 bridgehead atoms. The van der Waals surface area contributed by atoms with E-state index < -0.39 is 6.10 Å². The molecule has 6 nitrogen and oxygen atoms in total. The molecule has 0 aromatic rings. The number of hydrogen-bond acceptors (Lipinski definition) is 6. The van der Waals surface area contributed by atoms with Crippen LogP contribution in [-0.2, 0) is 28.6 Å². The van der Waals surface area contributed by atoms with E-state index >= 15 is 0 Å². The maximum absolute atomic E-state index is 12.9. The van der Waals surface area contributed by atoms with E-state index in [2.05, 4.69) is 93.7 Å². The number of allylic oxidation sites excluding steroid dienone is 12. The average molecular weight is 1060 g/mol. The van der Waals surface area contributed by atoms with Gasteiger partial charge in [0, 0.05) is 19.3 Å². The van der Waals surface area contributed by atoms with Gasteiger partial charge >= 0.3 is 17.9 Å². The zero-order valence-corrected chi connectivity index (χ0v) is 50.5. The Balaban J connectivity index is 4.22. The number of rotatable bonds is 60. The van der Waals surface area contributed by atoms with Crippen molar-refractivity contribution in [3.63, 3.8) is 0 Å². The van der Waals surface area contributed by atoms with Crippen molar-refractivity contribution in [2.45, 2.75) is 341 Å². The molecule has 0 N–H and O–H groups in total. The fourth-order valence-corrected chi connectivity index (χ4v) is 9.53. The van der Waals surface area contributed by atoms with Crippen LogP contribution in [-0.4, -0.2) is 37.2 Å². The molecule has 0 aliphatic carbocycles. The summed E-state index contributed by atoms with van der Waals surface area (Å²) in [4.78, 5) is 38.3. The summed E-state index contributed by atoms with van der Waals surface area (Å²) in [7, 11) is 0. The van der Waals surface area contributed by atoms with Crippen molar-refractivity contribution < 1.29 is 28.6 Å². The van der Waals surface area contributed by atoms with Crippen molar-refractivity contribution in [2.75, 3.05) is 13.2 Å². The number of carbonyl (C=O) groups excluding carboxylic acids is 3. The van der Waals surface area contributed by atoms with Crippen molar-refractivity contribution in [1.29, 1.82) is 0 Å². The SMILES string of the molecule is CC/C=C\C/C=C\C/C=C\CCCCCC(=O)OCC(COC(=O)CCCCCCCCCCCCCCCC/C=C\C/C=C\C/C=C\CCCCCCC)OC(=O)CCCCCCCCCCCCCCCCCC. The van der Waals surface area contributed by atoms with Gasteiger partial charge in [-0.2, -0.15) is 0 Å². The fraction of sp³-hybridized carbons (Fsp3) is 0.786. The maximum Gasteiger partial charge on any atom is 0.306 e. The highest BCUT2D eigenvalue weighted by Crippen LogP contribution is 2.17. The summed E-state index contributed by atoms with van der Waals surface area (Å²) in [5.74, 6) is -0.896. The van der Waals surface area contributed by atoms with Gasteiger partial charge in [0.15, 0.2) is 6.10 Å². The first-order chi connectivity index (χ1) is 37.5. The second kappa shape index (κ2) is 64.4. The fourth-order valence-electron chi connectivity index (χ4n) is 9.53. The largest absolute Gasteiger partial charge is 0.462 e. The quantitative estimate of drug-likeness (QED) is 0.0261. The lowest BCUT2D eigenvalue weighted by molar-refractivity contribution is -0.167. The second-order valence-electron chi connectivity index (χ2n) is 22.0. The highest BCUT2D eigenvalue weighted by Gasteiger charge is 2.19. The van der Waals surface area contributed by atoms with Gasteiger partial charge in [0.25, 0.3) is 0 Å². The first-order valence-corrected chi connectivity index (χ1v) is 32.9. The summed E-state index contributed by atoms with van der Waals surface area (Å²) in [5, 5.41) is 0. The number of esters is 3. The lowest BCUT2D eigenvalue weighted by Crippen LogP contribution is -2.30. The van der Waals surface area contributed by atoms with Crippen LogP contribution in [0.25, 0.3) is 0 Å². The van der Waals surface area contributed by atoms with Crippen molar-refractivity contribution >= 4 is 17.9 Å². The molecule has 440 valence electrons. The van der Waals surface area contributed by atoms with Crippen LogP contribution in [0.2, 0.25) is 0 Å². The summed E-state index contributed by atoms with van der Waals surface area (Å²) in [6.45, 7) is 6.53. The highest BCUT2D eigenvalue weighted by atomic mass is 16.6. The average Bonchev–Trinajstić information content (AvgIpc) is 3.42. The van der Waals surface area contributed by atoms with Gasteiger partial charge in [-0.05, 0) is 89.9 Å². The van der Waals surface area contributed by atoms with E-state index in [1.807, 2.05) is 0 Å². The molecule has 0 rings (SSSR count). The van der Waals surface area contributed by atoms with Crippen LogP contribution >= 0.6 is 0 Å². The van der Waals surface area contributed by atoms with Gasteiger partial charge in [-0.25, -0.2) is 0 Å². The van der Waals surface area contributed by atoms with E-state index in [0.717, 1.165) is 96.3 Å². The van der Waals surface area contributed by atoms with Crippen molar-refractivity contribution in [3.8, 4) is 0 Å². The van der Waals surface area contributed by atoms with E-state index in [4.69, 9.17) is 14.2 Å². The Morgan fingerprint density at radius 3 is 0.816 bits per heavy atom. The summed E-state index contributed by atoms with van der Waals surface area (Å²) in [6, 6.07) is 0. The van der Waals surface area contributed by atoms with Gasteiger partial charge < -0.3 is 14.2 Å². The predicted molar refractivity (Wildman–Crippen MR) is 330 cm³/mol. The predicted octanol–water partition coefficient (Wildman–Crippen LogP) is 22.5. The molecular formula is C70H124O6. The molecule has 1 unspecified atom stereocenters. The van der Waals surface area contributed by atoms with Crippen molar-refractivity contribution in [1.82, 2.24) is 0 Å². The Kier molecular flexibility index (Phi) is 61.7. The Morgan fingerprint density at radius 1 is 0.276 bits per heavy atom. The number of unbranched alkanes of at least 4 members (excludes halogenated alkanes) is 37. The number of hydrogen-bond donors (Lipinski definition) is 0. The minimum Gasteiger partial charge on any atom is -0.462 e. The third-order valence-electron chi connectivity index (χ3n) is 14.4. The molecule has 0 aliphatic heterocycles. The van der Waals surface area contributed by atoms with Gasteiger partial charge in [0.2, 0.25) is 0 Å². The maximum atomic E-state index is 12.9. The van der Waals surface area contributed by atoms with Crippen LogP contribution < -0.4 is 0 Å². The van der Waals surface area contributed by atoms with Gasteiger partial charge in [-0.1, -0.05) is 299 Å². The van der Waals surface area contributed by atoms with E-state index in [0.29, 0.717) is 19.3 Å². The lowest BCUT2D eigenvalue weighted by atomic mass is 10.0. The first-order valence-electron chi connectivity index (χ1n) is 32.9. The van der Waals surface area contributed by atoms with Crippen molar-refractivity contribution in [2.24, 2.45) is 0 Å². The van der Waals surface area contributed by atoms with Crippen LogP contribution in [0.15, 0.2) is 72.9 Å². The van der Waals surface area contributed by atoms with Crippen LogP contribution in [0.1, 0.15) is 335 Å². The third-order valence-corrected chi connectivity index (χ3v) is 14.4. The molecule has 0 spiro atoms. The summed E-state index contributed by atoms with van der Waals surface area (Å²) >= 11 is 0. The molecule has 0 heterocycles. The van der Waals surface area contributed by atoms with E-state index in [-0.39, 0.29) is 31.1 Å². The minimum absolute atomic E-state index is 0.0817. The minimum atomic E-state index is -0.786. The van der Waals surface area contributed by atoms with Gasteiger partial charge in [0.1, 0.15) is 13.2 Å². The van der Waals surface area contributed by atoms with E-state index in [1.54, 1.807) is 0 Å². The molecule has 0 fully saturated rings. The molecule has 0 saturated heterocycles. The molecule has 6 heteroatoms. The number of carbonyl (C=O) groups is 3. The lowest BCUT2D eigenvalue weighted by Gasteiger charge is -2.18. The highest BCUT2D eigenvalue weighted by molar-refractivity contribution is 5.71. The molecule has 0 aromatic heterocycles. The van der Waals surface area contributed by atoms with Gasteiger partial charge in [-0.15, -0.1) is 0 Å². The van der Waals surface area contributed by atoms with Gasteiger partial charge in [-0.3, -0.25) is 14.4 Å². The molecule has 0 aliphatic rings. The molecule has 0 saturated carbocycles.